The summed E-state index contributed by atoms with van der Waals surface area (Å²) < 4.78 is 5.65. The van der Waals surface area contributed by atoms with E-state index >= 15 is 0 Å². The van der Waals surface area contributed by atoms with E-state index in [0.717, 1.165) is 50.0 Å². The van der Waals surface area contributed by atoms with E-state index in [9.17, 15) is 0 Å². The zero-order valence-corrected chi connectivity index (χ0v) is 11.3. The molecule has 102 valence electrons. The Bertz CT molecular complexity index is 311. The fourth-order valence-electron chi connectivity index (χ4n) is 1.80. The summed E-state index contributed by atoms with van der Waals surface area (Å²) in [4.78, 5) is 0. The van der Waals surface area contributed by atoms with Crippen LogP contribution in [0.25, 0.3) is 0 Å². The quantitative estimate of drug-likeness (QED) is 0.663. The number of nitrogens with two attached hydrogens (primary N) is 1. The minimum absolute atomic E-state index is 0.123. The maximum absolute atomic E-state index is 8.65. The Morgan fingerprint density at radius 2 is 1.78 bits per heavy atom. The van der Waals surface area contributed by atoms with Crippen LogP contribution in [-0.2, 0) is 0 Å². The van der Waals surface area contributed by atoms with Crippen LogP contribution >= 0.6 is 0 Å². The smallest absolute Gasteiger partial charge is 0.119 e. The van der Waals surface area contributed by atoms with Crippen LogP contribution in [0.2, 0.25) is 0 Å². The van der Waals surface area contributed by atoms with E-state index in [4.69, 9.17) is 15.6 Å². The second-order valence-electron chi connectivity index (χ2n) is 4.57. The second-order valence-corrected chi connectivity index (χ2v) is 4.57. The Morgan fingerprint density at radius 1 is 1.11 bits per heavy atom. The lowest BCUT2D eigenvalue weighted by molar-refractivity contribution is 0.273. The topological polar surface area (TPSA) is 55.5 Å². The lowest BCUT2D eigenvalue weighted by Gasteiger charge is -2.10. The average molecular weight is 251 g/mol. The highest BCUT2D eigenvalue weighted by Gasteiger charge is 2.02. The van der Waals surface area contributed by atoms with Crippen molar-refractivity contribution in [3.05, 3.63) is 29.8 Å². The Hall–Kier alpha value is -1.06. The van der Waals surface area contributed by atoms with E-state index in [1.165, 1.54) is 0 Å². The van der Waals surface area contributed by atoms with Gasteiger partial charge in [0.05, 0.1) is 6.61 Å². The summed E-state index contributed by atoms with van der Waals surface area (Å²) in [5.41, 5.74) is 7.11. The lowest BCUT2D eigenvalue weighted by Crippen LogP contribution is -2.08. The number of aliphatic hydroxyl groups excluding tert-OH is 1. The molecule has 18 heavy (non-hydrogen) atoms. The molecular weight excluding hydrogens is 226 g/mol. The molecule has 1 aromatic rings. The van der Waals surface area contributed by atoms with Crippen molar-refractivity contribution >= 4 is 0 Å². The molecule has 0 aromatic heterocycles. The minimum Gasteiger partial charge on any atom is -0.494 e. The highest BCUT2D eigenvalue weighted by atomic mass is 16.5. The van der Waals surface area contributed by atoms with Crippen molar-refractivity contribution in [2.45, 2.75) is 45.1 Å². The molecule has 1 unspecified atom stereocenters. The SMILES string of the molecule is CCC(N)c1ccc(OCCCCCCO)cc1. The summed E-state index contributed by atoms with van der Waals surface area (Å²) in [6, 6.07) is 8.17. The monoisotopic (exact) mass is 251 g/mol. The van der Waals surface area contributed by atoms with E-state index in [1.54, 1.807) is 0 Å². The van der Waals surface area contributed by atoms with Crippen LogP contribution in [0.15, 0.2) is 24.3 Å². The van der Waals surface area contributed by atoms with Gasteiger partial charge >= 0.3 is 0 Å². The van der Waals surface area contributed by atoms with Gasteiger partial charge < -0.3 is 15.6 Å². The molecule has 0 aliphatic heterocycles. The molecule has 3 N–H and O–H groups in total. The van der Waals surface area contributed by atoms with Gasteiger partial charge in [-0.25, -0.2) is 0 Å². The van der Waals surface area contributed by atoms with Gasteiger partial charge in [0, 0.05) is 12.6 Å². The van der Waals surface area contributed by atoms with E-state index in [2.05, 4.69) is 6.92 Å². The van der Waals surface area contributed by atoms with Gasteiger partial charge in [-0.3, -0.25) is 0 Å². The Balaban J connectivity index is 2.22. The minimum atomic E-state index is 0.123. The van der Waals surface area contributed by atoms with Crippen LogP contribution in [0.3, 0.4) is 0 Å². The highest BCUT2D eigenvalue weighted by Crippen LogP contribution is 2.18. The normalized spacial score (nSPS) is 12.4. The summed E-state index contributed by atoms with van der Waals surface area (Å²) >= 11 is 0. The number of unbranched alkanes of at least 4 members (excludes halogenated alkanes) is 3. The van der Waals surface area contributed by atoms with Gasteiger partial charge in [0.25, 0.3) is 0 Å². The van der Waals surface area contributed by atoms with Gasteiger partial charge in [-0.15, -0.1) is 0 Å². The molecule has 0 aliphatic carbocycles. The molecule has 0 amide bonds. The van der Waals surface area contributed by atoms with E-state index < -0.39 is 0 Å². The van der Waals surface area contributed by atoms with Crippen LogP contribution < -0.4 is 10.5 Å². The third-order valence-corrected chi connectivity index (χ3v) is 3.07. The molecule has 0 saturated heterocycles. The van der Waals surface area contributed by atoms with Gasteiger partial charge in [0.1, 0.15) is 5.75 Å². The molecule has 0 saturated carbocycles. The second kappa shape index (κ2) is 8.95. The molecule has 0 fully saturated rings. The van der Waals surface area contributed by atoms with Crippen LogP contribution in [-0.4, -0.2) is 18.3 Å². The summed E-state index contributed by atoms with van der Waals surface area (Å²) in [6.45, 7) is 3.12. The Morgan fingerprint density at radius 3 is 2.39 bits per heavy atom. The molecular formula is C15H25NO2. The van der Waals surface area contributed by atoms with Crippen molar-refractivity contribution in [1.82, 2.24) is 0 Å². The molecule has 0 aliphatic rings. The van der Waals surface area contributed by atoms with E-state index in [1.807, 2.05) is 24.3 Å². The van der Waals surface area contributed by atoms with Crippen molar-refractivity contribution in [3.8, 4) is 5.75 Å². The first-order chi connectivity index (χ1) is 8.77. The predicted octanol–water partition coefficient (Wildman–Crippen LogP) is 3.03. The maximum atomic E-state index is 8.65. The highest BCUT2D eigenvalue weighted by molar-refractivity contribution is 5.28. The average Bonchev–Trinajstić information content (AvgIpc) is 2.42. The third-order valence-electron chi connectivity index (χ3n) is 3.07. The molecule has 0 spiro atoms. The predicted molar refractivity (Wildman–Crippen MR) is 74.7 cm³/mol. The summed E-state index contributed by atoms with van der Waals surface area (Å²) in [6.07, 6.45) is 5.06. The summed E-state index contributed by atoms with van der Waals surface area (Å²) in [5.74, 6) is 0.907. The molecule has 1 rings (SSSR count). The first-order valence-electron chi connectivity index (χ1n) is 6.87. The van der Waals surface area contributed by atoms with Crippen LogP contribution in [0.1, 0.15) is 50.6 Å². The summed E-state index contributed by atoms with van der Waals surface area (Å²) in [5, 5.41) is 8.65. The first-order valence-corrected chi connectivity index (χ1v) is 6.87. The van der Waals surface area contributed by atoms with Crippen LogP contribution in [0.5, 0.6) is 5.75 Å². The fraction of sp³-hybridized carbons (Fsp3) is 0.600. The van der Waals surface area contributed by atoms with Gasteiger partial charge in [0.2, 0.25) is 0 Å². The Labute approximate surface area is 110 Å². The largest absolute Gasteiger partial charge is 0.494 e. The molecule has 3 nitrogen and oxygen atoms in total. The number of rotatable bonds is 9. The maximum Gasteiger partial charge on any atom is 0.119 e. The standard InChI is InChI=1S/C15H25NO2/c1-2-15(16)13-7-9-14(10-8-13)18-12-6-4-3-5-11-17/h7-10,15,17H,2-6,11-12,16H2,1H3. The molecule has 0 bridgehead atoms. The third kappa shape index (κ3) is 5.52. The van der Waals surface area contributed by atoms with Gasteiger partial charge in [-0.2, -0.15) is 0 Å². The van der Waals surface area contributed by atoms with Crippen molar-refractivity contribution in [1.29, 1.82) is 0 Å². The number of aliphatic hydroxyl groups is 1. The molecule has 3 heteroatoms. The van der Waals surface area contributed by atoms with Gasteiger partial charge in [-0.05, 0) is 43.4 Å². The number of ether oxygens (including phenoxy) is 1. The van der Waals surface area contributed by atoms with Gasteiger partial charge in [-0.1, -0.05) is 25.5 Å². The number of hydrogen-bond acceptors (Lipinski definition) is 3. The van der Waals surface area contributed by atoms with Gasteiger partial charge in [0.15, 0.2) is 0 Å². The van der Waals surface area contributed by atoms with Crippen molar-refractivity contribution in [3.63, 3.8) is 0 Å². The van der Waals surface area contributed by atoms with E-state index in [-0.39, 0.29) is 6.04 Å². The first kappa shape index (κ1) is 15.0. The Kier molecular flexibility index (Phi) is 7.46. The molecule has 0 heterocycles. The van der Waals surface area contributed by atoms with Crippen LogP contribution in [0, 0.1) is 0 Å². The zero-order chi connectivity index (χ0) is 13.2. The summed E-state index contributed by atoms with van der Waals surface area (Å²) in [7, 11) is 0. The number of benzene rings is 1. The fourth-order valence-corrected chi connectivity index (χ4v) is 1.80. The zero-order valence-electron chi connectivity index (χ0n) is 11.3. The number of hydrogen-bond donors (Lipinski definition) is 2. The van der Waals surface area contributed by atoms with Crippen LogP contribution in [0.4, 0.5) is 0 Å². The molecule has 1 atom stereocenters. The lowest BCUT2D eigenvalue weighted by atomic mass is 10.1. The molecule has 0 radical (unpaired) electrons. The van der Waals surface area contributed by atoms with Crippen molar-refractivity contribution in [2.75, 3.05) is 13.2 Å². The van der Waals surface area contributed by atoms with E-state index in [0.29, 0.717) is 6.61 Å². The molecule has 1 aromatic carbocycles. The van der Waals surface area contributed by atoms with Crippen molar-refractivity contribution in [2.24, 2.45) is 5.73 Å². The van der Waals surface area contributed by atoms with Crippen molar-refractivity contribution < 1.29 is 9.84 Å².